The van der Waals surface area contributed by atoms with Gasteiger partial charge in [0.15, 0.2) is 11.5 Å². The van der Waals surface area contributed by atoms with Crippen molar-refractivity contribution in [2.45, 2.75) is 19.8 Å². The zero-order valence-electron chi connectivity index (χ0n) is 8.70. The van der Waals surface area contributed by atoms with Crippen molar-refractivity contribution in [3.8, 4) is 0 Å². The quantitative estimate of drug-likeness (QED) is 0.633. The number of hydrogen-bond acceptors (Lipinski definition) is 3. The van der Waals surface area contributed by atoms with Gasteiger partial charge in [-0.3, -0.25) is 14.9 Å². The summed E-state index contributed by atoms with van der Waals surface area (Å²) >= 11 is 0. The molecule has 0 spiro atoms. The fraction of sp³-hybridized carbons (Fsp3) is 0.300. The van der Waals surface area contributed by atoms with Gasteiger partial charge in [0.25, 0.3) is 5.69 Å². The molecule has 0 aliphatic heterocycles. The second kappa shape index (κ2) is 5.20. The third-order valence-electron chi connectivity index (χ3n) is 1.93. The van der Waals surface area contributed by atoms with Gasteiger partial charge in [0.05, 0.1) is 4.92 Å². The molecule has 0 aliphatic rings. The van der Waals surface area contributed by atoms with Crippen molar-refractivity contribution in [3.05, 3.63) is 34.1 Å². The lowest BCUT2D eigenvalue weighted by Gasteiger charge is -2.05. The molecule has 0 bridgehead atoms. The molecule has 0 aromatic heterocycles. The van der Waals surface area contributed by atoms with Gasteiger partial charge < -0.3 is 5.32 Å². The number of benzene rings is 1. The predicted molar refractivity (Wildman–Crippen MR) is 56.6 cm³/mol. The molecule has 0 aliphatic carbocycles. The van der Waals surface area contributed by atoms with Crippen LogP contribution in [0.2, 0.25) is 0 Å². The van der Waals surface area contributed by atoms with Gasteiger partial charge in [0.1, 0.15) is 0 Å². The maximum Gasteiger partial charge on any atom is 0.295 e. The van der Waals surface area contributed by atoms with E-state index in [2.05, 4.69) is 5.32 Å². The SMILES string of the molecule is CCCC(=O)Nc1c(F)cccc1[N+](=O)[O-]. The van der Waals surface area contributed by atoms with E-state index in [0.717, 1.165) is 12.1 Å². The standard InChI is InChI=1S/C10H11FN2O3/c1-2-4-9(14)12-10-7(11)5-3-6-8(10)13(15)16/h3,5-6H,2,4H2,1H3,(H,12,14). The lowest BCUT2D eigenvalue weighted by Crippen LogP contribution is -2.13. The Morgan fingerprint density at radius 1 is 1.56 bits per heavy atom. The Morgan fingerprint density at radius 2 is 2.25 bits per heavy atom. The first kappa shape index (κ1) is 12.1. The number of hydrogen-bond donors (Lipinski definition) is 1. The summed E-state index contributed by atoms with van der Waals surface area (Å²) in [6.07, 6.45) is 0.791. The van der Waals surface area contributed by atoms with Crippen LogP contribution in [0, 0.1) is 15.9 Å². The minimum Gasteiger partial charge on any atom is -0.318 e. The van der Waals surface area contributed by atoms with E-state index in [1.165, 1.54) is 6.07 Å². The van der Waals surface area contributed by atoms with E-state index < -0.39 is 22.3 Å². The molecule has 1 rings (SSSR count). The van der Waals surface area contributed by atoms with E-state index >= 15 is 0 Å². The molecule has 5 nitrogen and oxygen atoms in total. The topological polar surface area (TPSA) is 72.2 Å². The van der Waals surface area contributed by atoms with Crippen LogP contribution in [0.5, 0.6) is 0 Å². The number of para-hydroxylation sites is 1. The molecule has 6 heteroatoms. The first-order valence-electron chi connectivity index (χ1n) is 4.79. The second-order valence-corrected chi connectivity index (χ2v) is 3.19. The highest BCUT2D eigenvalue weighted by molar-refractivity contribution is 5.93. The van der Waals surface area contributed by atoms with E-state index in [0.29, 0.717) is 6.42 Å². The molecular formula is C10H11FN2O3. The smallest absolute Gasteiger partial charge is 0.295 e. The maximum absolute atomic E-state index is 13.3. The van der Waals surface area contributed by atoms with Gasteiger partial charge in [-0.25, -0.2) is 4.39 Å². The summed E-state index contributed by atoms with van der Waals surface area (Å²) in [4.78, 5) is 21.1. The molecule has 86 valence electrons. The first-order chi connectivity index (χ1) is 7.56. The number of rotatable bonds is 4. The van der Waals surface area contributed by atoms with Crippen LogP contribution in [-0.2, 0) is 4.79 Å². The molecule has 1 N–H and O–H groups in total. The van der Waals surface area contributed by atoms with Crippen LogP contribution in [0.25, 0.3) is 0 Å². The van der Waals surface area contributed by atoms with Crippen LogP contribution in [0.4, 0.5) is 15.8 Å². The summed E-state index contributed by atoms with van der Waals surface area (Å²) in [7, 11) is 0. The van der Waals surface area contributed by atoms with Crippen molar-refractivity contribution >= 4 is 17.3 Å². The Bertz CT molecular complexity index is 421. The van der Waals surface area contributed by atoms with Gasteiger partial charge in [-0.2, -0.15) is 0 Å². The predicted octanol–water partition coefficient (Wildman–Crippen LogP) is 2.47. The number of nitrogens with one attached hydrogen (secondary N) is 1. The molecule has 0 saturated heterocycles. The fourth-order valence-electron chi connectivity index (χ4n) is 1.22. The Labute approximate surface area is 91.4 Å². The molecule has 0 saturated carbocycles. The van der Waals surface area contributed by atoms with E-state index in [9.17, 15) is 19.3 Å². The summed E-state index contributed by atoms with van der Waals surface area (Å²) in [5.74, 6) is -1.24. The number of nitro benzene ring substituents is 1. The Morgan fingerprint density at radius 3 is 2.81 bits per heavy atom. The number of nitro groups is 1. The van der Waals surface area contributed by atoms with Crippen molar-refractivity contribution in [3.63, 3.8) is 0 Å². The van der Waals surface area contributed by atoms with Gasteiger partial charge in [-0.15, -0.1) is 0 Å². The third-order valence-corrected chi connectivity index (χ3v) is 1.93. The highest BCUT2D eigenvalue weighted by Gasteiger charge is 2.19. The van der Waals surface area contributed by atoms with Crippen molar-refractivity contribution in [2.24, 2.45) is 0 Å². The number of amides is 1. The number of nitrogens with zero attached hydrogens (tertiary/aromatic N) is 1. The molecule has 0 fully saturated rings. The Hall–Kier alpha value is -1.98. The number of carbonyl (C=O) groups excluding carboxylic acids is 1. The normalized spacial score (nSPS) is 9.88. The number of halogens is 1. The Balaban J connectivity index is 3.01. The van der Waals surface area contributed by atoms with E-state index in [4.69, 9.17) is 0 Å². The van der Waals surface area contributed by atoms with Crippen molar-refractivity contribution in [2.75, 3.05) is 5.32 Å². The average Bonchev–Trinajstić information content (AvgIpc) is 2.21. The van der Waals surface area contributed by atoms with Gasteiger partial charge in [-0.1, -0.05) is 13.0 Å². The minimum atomic E-state index is -0.807. The van der Waals surface area contributed by atoms with Crippen LogP contribution in [-0.4, -0.2) is 10.8 Å². The van der Waals surface area contributed by atoms with Crippen LogP contribution in [0.1, 0.15) is 19.8 Å². The van der Waals surface area contributed by atoms with E-state index in [1.807, 2.05) is 0 Å². The van der Waals surface area contributed by atoms with Gasteiger partial charge >= 0.3 is 0 Å². The van der Waals surface area contributed by atoms with E-state index in [1.54, 1.807) is 6.92 Å². The summed E-state index contributed by atoms with van der Waals surface area (Å²) in [5.41, 5.74) is -0.810. The van der Waals surface area contributed by atoms with Crippen molar-refractivity contribution in [1.29, 1.82) is 0 Å². The lowest BCUT2D eigenvalue weighted by molar-refractivity contribution is -0.384. The zero-order valence-corrected chi connectivity index (χ0v) is 8.70. The van der Waals surface area contributed by atoms with E-state index in [-0.39, 0.29) is 12.1 Å². The second-order valence-electron chi connectivity index (χ2n) is 3.19. The highest BCUT2D eigenvalue weighted by Crippen LogP contribution is 2.26. The molecule has 1 aromatic carbocycles. The van der Waals surface area contributed by atoms with Gasteiger partial charge in [0.2, 0.25) is 5.91 Å². The molecule has 0 atom stereocenters. The molecule has 0 heterocycles. The van der Waals surface area contributed by atoms with Crippen molar-refractivity contribution < 1.29 is 14.1 Å². The molecule has 1 amide bonds. The highest BCUT2D eigenvalue weighted by atomic mass is 19.1. The molecule has 0 radical (unpaired) electrons. The monoisotopic (exact) mass is 226 g/mol. The number of carbonyl (C=O) groups is 1. The third kappa shape index (κ3) is 2.75. The summed E-state index contributed by atoms with van der Waals surface area (Å²) < 4.78 is 13.3. The van der Waals surface area contributed by atoms with Gasteiger partial charge in [0, 0.05) is 12.5 Å². The zero-order chi connectivity index (χ0) is 12.1. The first-order valence-corrected chi connectivity index (χ1v) is 4.79. The lowest BCUT2D eigenvalue weighted by atomic mass is 10.2. The minimum absolute atomic E-state index is 0.200. The van der Waals surface area contributed by atoms with Crippen LogP contribution >= 0.6 is 0 Å². The van der Waals surface area contributed by atoms with Crippen LogP contribution in [0.15, 0.2) is 18.2 Å². The maximum atomic E-state index is 13.3. The summed E-state index contributed by atoms with van der Waals surface area (Å²) in [6, 6.07) is 3.43. The number of anilines is 1. The fourth-order valence-corrected chi connectivity index (χ4v) is 1.22. The van der Waals surface area contributed by atoms with Crippen LogP contribution in [0.3, 0.4) is 0 Å². The largest absolute Gasteiger partial charge is 0.318 e. The van der Waals surface area contributed by atoms with Crippen molar-refractivity contribution in [1.82, 2.24) is 0 Å². The van der Waals surface area contributed by atoms with Crippen LogP contribution < -0.4 is 5.32 Å². The molecule has 16 heavy (non-hydrogen) atoms. The molecule has 1 aromatic rings. The summed E-state index contributed by atoms with van der Waals surface area (Å²) in [5, 5.41) is 12.8. The average molecular weight is 226 g/mol. The molecular weight excluding hydrogens is 215 g/mol. The Kier molecular flexibility index (Phi) is 3.93. The molecule has 0 unspecified atom stereocenters. The van der Waals surface area contributed by atoms with Gasteiger partial charge in [-0.05, 0) is 12.5 Å². The summed E-state index contributed by atoms with van der Waals surface area (Å²) in [6.45, 7) is 1.79.